The van der Waals surface area contributed by atoms with Gasteiger partial charge in [-0.2, -0.15) is 0 Å². The summed E-state index contributed by atoms with van der Waals surface area (Å²) in [5.74, 6) is 6.49. The van der Waals surface area contributed by atoms with Gasteiger partial charge in [0, 0.05) is 0 Å². The van der Waals surface area contributed by atoms with Crippen LogP contribution in [0.5, 0.6) is 0 Å². The first kappa shape index (κ1) is 21.2. The van der Waals surface area contributed by atoms with Crippen molar-refractivity contribution in [2.75, 3.05) is 0 Å². The summed E-state index contributed by atoms with van der Waals surface area (Å²) in [6.45, 7) is 12.7. The lowest BCUT2D eigenvalue weighted by Crippen LogP contribution is -2.54. The normalized spacial score (nSPS) is 49.4. The number of aliphatic hydroxyl groups excluding tert-OH is 1. The number of hydrogen-bond acceptors (Lipinski definition) is 1. The fourth-order valence-corrected chi connectivity index (χ4v) is 9.26. The largest absolute Gasteiger partial charge is 0.393 e. The zero-order valence-electron chi connectivity index (χ0n) is 19.6. The molecule has 1 N–H and O–H groups in total. The van der Waals surface area contributed by atoms with Crippen molar-refractivity contribution in [2.45, 2.75) is 118 Å². The Bertz CT molecular complexity index is 540. The SMILES string of the molecule is CC(C)CCC[C@@H](C)[C@@H]1CCC2C3CCC4C[C@H](O)CC[C@@]4(C)C3CC[C@]21C. The molecule has 9 atom stereocenters. The van der Waals surface area contributed by atoms with Gasteiger partial charge in [0.05, 0.1) is 6.10 Å². The Morgan fingerprint density at radius 3 is 2.29 bits per heavy atom. The van der Waals surface area contributed by atoms with Crippen molar-refractivity contribution >= 4 is 0 Å². The summed E-state index contributed by atoms with van der Waals surface area (Å²) in [5.41, 5.74) is 1.15. The number of hydrogen-bond donors (Lipinski definition) is 1. The van der Waals surface area contributed by atoms with Crippen LogP contribution in [0.4, 0.5) is 0 Å². The maximum atomic E-state index is 10.3. The Labute approximate surface area is 175 Å². The Kier molecular flexibility index (Phi) is 5.98. The van der Waals surface area contributed by atoms with Crippen LogP contribution in [0.25, 0.3) is 0 Å². The van der Waals surface area contributed by atoms with Gasteiger partial charge in [0.2, 0.25) is 0 Å². The van der Waals surface area contributed by atoms with Crippen LogP contribution in [0.2, 0.25) is 0 Å². The molecule has 0 aromatic carbocycles. The minimum atomic E-state index is -0.00830. The number of aliphatic hydroxyl groups is 1. The highest BCUT2D eigenvalue weighted by molar-refractivity contribution is 5.09. The monoisotopic (exact) mass is 388 g/mol. The summed E-state index contributed by atoms with van der Waals surface area (Å²) in [7, 11) is 0. The molecule has 4 aliphatic carbocycles. The fraction of sp³-hybridized carbons (Fsp3) is 1.00. The molecule has 1 nitrogen and oxygen atoms in total. The molecule has 0 spiro atoms. The quantitative estimate of drug-likeness (QED) is 0.518. The smallest absolute Gasteiger partial charge is 0.0543 e. The van der Waals surface area contributed by atoms with Crippen molar-refractivity contribution in [3.05, 3.63) is 0 Å². The average Bonchev–Trinajstić information content (AvgIpc) is 2.99. The van der Waals surface area contributed by atoms with Crippen molar-refractivity contribution in [1.82, 2.24) is 0 Å². The molecule has 0 radical (unpaired) electrons. The van der Waals surface area contributed by atoms with Gasteiger partial charge in [-0.15, -0.1) is 0 Å². The van der Waals surface area contributed by atoms with Gasteiger partial charge >= 0.3 is 0 Å². The van der Waals surface area contributed by atoms with Crippen molar-refractivity contribution in [2.24, 2.45) is 52.3 Å². The van der Waals surface area contributed by atoms with Gasteiger partial charge in [-0.3, -0.25) is 0 Å². The van der Waals surface area contributed by atoms with Crippen molar-refractivity contribution in [3.63, 3.8) is 0 Å². The van der Waals surface area contributed by atoms with Gasteiger partial charge in [0.1, 0.15) is 0 Å². The van der Waals surface area contributed by atoms with E-state index in [1.165, 1.54) is 64.2 Å². The van der Waals surface area contributed by atoms with Gasteiger partial charge in [-0.25, -0.2) is 0 Å². The lowest BCUT2D eigenvalue weighted by Gasteiger charge is -2.61. The summed E-state index contributed by atoms with van der Waals surface area (Å²) in [6.07, 6.45) is 16.6. The molecule has 0 aliphatic heterocycles. The predicted octanol–water partition coefficient (Wildman–Crippen LogP) is 7.47. The Hall–Kier alpha value is -0.0400. The van der Waals surface area contributed by atoms with E-state index in [2.05, 4.69) is 34.6 Å². The van der Waals surface area contributed by atoms with E-state index in [1.807, 2.05) is 0 Å². The van der Waals surface area contributed by atoms with Crippen LogP contribution in [-0.2, 0) is 0 Å². The van der Waals surface area contributed by atoms with E-state index in [4.69, 9.17) is 0 Å². The average molecular weight is 389 g/mol. The topological polar surface area (TPSA) is 20.2 Å². The molecule has 0 bridgehead atoms. The molecule has 28 heavy (non-hydrogen) atoms. The molecular weight excluding hydrogens is 340 g/mol. The van der Waals surface area contributed by atoms with Crippen molar-refractivity contribution in [1.29, 1.82) is 0 Å². The van der Waals surface area contributed by atoms with E-state index in [9.17, 15) is 5.11 Å². The lowest BCUT2D eigenvalue weighted by molar-refractivity contribution is -0.129. The van der Waals surface area contributed by atoms with Crippen LogP contribution in [0.3, 0.4) is 0 Å². The van der Waals surface area contributed by atoms with Gasteiger partial charge in [0.25, 0.3) is 0 Å². The van der Waals surface area contributed by atoms with Gasteiger partial charge < -0.3 is 5.11 Å². The third-order valence-electron chi connectivity index (χ3n) is 10.8. The molecule has 0 saturated heterocycles. The zero-order chi connectivity index (χ0) is 20.1. The van der Waals surface area contributed by atoms with Crippen LogP contribution >= 0.6 is 0 Å². The molecule has 0 aromatic rings. The van der Waals surface area contributed by atoms with Gasteiger partial charge in [-0.05, 0) is 110 Å². The highest BCUT2D eigenvalue weighted by Crippen LogP contribution is 2.68. The molecule has 0 heterocycles. The minimum absolute atomic E-state index is 0.00830. The van der Waals surface area contributed by atoms with Crippen LogP contribution in [0.1, 0.15) is 112 Å². The first-order valence-electron chi connectivity index (χ1n) is 12.9. The third-order valence-corrected chi connectivity index (χ3v) is 10.8. The highest BCUT2D eigenvalue weighted by Gasteiger charge is 2.60. The first-order valence-corrected chi connectivity index (χ1v) is 12.9. The van der Waals surface area contributed by atoms with Crippen LogP contribution in [0.15, 0.2) is 0 Å². The van der Waals surface area contributed by atoms with Crippen LogP contribution in [-0.4, -0.2) is 11.2 Å². The fourth-order valence-electron chi connectivity index (χ4n) is 9.26. The van der Waals surface area contributed by atoms with E-state index in [-0.39, 0.29) is 6.10 Å². The molecule has 0 aromatic heterocycles. The molecule has 4 unspecified atom stereocenters. The molecule has 4 fully saturated rings. The summed E-state index contributed by atoms with van der Waals surface area (Å²) in [4.78, 5) is 0. The molecule has 4 aliphatic rings. The molecule has 0 amide bonds. The molecular formula is C27H48O. The summed E-state index contributed by atoms with van der Waals surface area (Å²) < 4.78 is 0. The van der Waals surface area contributed by atoms with Crippen LogP contribution in [0, 0.1) is 52.3 Å². The molecule has 1 heteroatoms. The zero-order valence-corrected chi connectivity index (χ0v) is 19.6. The van der Waals surface area contributed by atoms with Crippen molar-refractivity contribution < 1.29 is 5.11 Å². The van der Waals surface area contributed by atoms with Crippen molar-refractivity contribution in [3.8, 4) is 0 Å². The third kappa shape index (κ3) is 3.50. The molecule has 4 rings (SSSR count). The summed E-state index contributed by atoms with van der Waals surface area (Å²) in [6, 6.07) is 0. The first-order chi connectivity index (χ1) is 13.3. The van der Waals surface area contributed by atoms with Gasteiger partial charge in [-0.1, -0.05) is 53.9 Å². The second-order valence-corrected chi connectivity index (χ2v) is 12.6. The highest BCUT2D eigenvalue weighted by atomic mass is 16.3. The van der Waals surface area contributed by atoms with E-state index in [1.54, 1.807) is 0 Å². The lowest BCUT2D eigenvalue weighted by atomic mass is 9.44. The second-order valence-electron chi connectivity index (χ2n) is 12.6. The van der Waals surface area contributed by atoms with E-state index in [0.29, 0.717) is 10.8 Å². The second kappa shape index (κ2) is 7.90. The van der Waals surface area contributed by atoms with E-state index < -0.39 is 0 Å². The van der Waals surface area contributed by atoms with E-state index >= 15 is 0 Å². The van der Waals surface area contributed by atoms with E-state index in [0.717, 1.165) is 54.3 Å². The predicted molar refractivity (Wildman–Crippen MR) is 119 cm³/mol. The molecule has 162 valence electrons. The van der Waals surface area contributed by atoms with Crippen LogP contribution < -0.4 is 0 Å². The Morgan fingerprint density at radius 2 is 1.54 bits per heavy atom. The molecule has 4 saturated carbocycles. The maximum Gasteiger partial charge on any atom is 0.0543 e. The Morgan fingerprint density at radius 1 is 0.821 bits per heavy atom. The number of rotatable bonds is 5. The maximum absolute atomic E-state index is 10.3. The number of fused-ring (bicyclic) bond motifs is 5. The minimum Gasteiger partial charge on any atom is -0.393 e. The van der Waals surface area contributed by atoms with Gasteiger partial charge in [0.15, 0.2) is 0 Å². The standard InChI is InChI=1S/C27H48O/c1-18(2)7-6-8-19(3)23-11-12-24-22-10-9-20-17-21(28)13-15-26(20,4)25(22)14-16-27(23,24)5/h18-25,28H,6-17H2,1-5H3/t19-,20?,21-,22?,23+,24?,25?,26-,27+/m1/s1. The summed E-state index contributed by atoms with van der Waals surface area (Å²) >= 11 is 0. The summed E-state index contributed by atoms with van der Waals surface area (Å²) in [5, 5.41) is 10.3. The Balaban J connectivity index is 1.46.